The number of hydrogen-bond acceptors (Lipinski definition) is 4. The van der Waals surface area contributed by atoms with Crippen molar-refractivity contribution in [2.45, 2.75) is 51.6 Å². The lowest BCUT2D eigenvalue weighted by Gasteiger charge is -2.24. The predicted octanol–water partition coefficient (Wildman–Crippen LogP) is 6.25. The summed E-state index contributed by atoms with van der Waals surface area (Å²) in [7, 11) is 0. The van der Waals surface area contributed by atoms with E-state index in [2.05, 4.69) is 21.5 Å². The standard InChI is InChI=1S/C27H27F3N4O2/c1-26(2,3)36-25(35)33-24(12-18-4-8-23(9-5-18)27(28,29)30)17-34-16-22(15-32-34)19-6-7-21-14-31-11-10-20(21)13-19/h4-11,13-16,24H,12,17H2,1-3H3,(H,33,35). The molecule has 0 spiro atoms. The number of aromatic nitrogens is 3. The highest BCUT2D eigenvalue weighted by molar-refractivity contribution is 5.86. The van der Waals surface area contributed by atoms with Crippen LogP contribution in [0.3, 0.4) is 0 Å². The van der Waals surface area contributed by atoms with E-state index in [9.17, 15) is 18.0 Å². The van der Waals surface area contributed by atoms with Crippen LogP contribution in [-0.4, -0.2) is 32.5 Å². The summed E-state index contributed by atoms with van der Waals surface area (Å²) < 4.78 is 45.9. The van der Waals surface area contributed by atoms with E-state index < -0.39 is 29.5 Å². The zero-order chi connectivity index (χ0) is 25.9. The van der Waals surface area contributed by atoms with Gasteiger partial charge in [-0.05, 0) is 68.0 Å². The van der Waals surface area contributed by atoms with Gasteiger partial charge < -0.3 is 10.1 Å². The Balaban J connectivity index is 1.53. The quantitative estimate of drug-likeness (QED) is 0.342. The zero-order valence-electron chi connectivity index (χ0n) is 20.2. The van der Waals surface area contributed by atoms with Crippen LogP contribution in [0.2, 0.25) is 0 Å². The number of halogens is 3. The summed E-state index contributed by atoms with van der Waals surface area (Å²) in [5.74, 6) is 0. The Bertz CT molecular complexity index is 1340. The third-order valence-corrected chi connectivity index (χ3v) is 5.50. The predicted molar refractivity (Wildman–Crippen MR) is 131 cm³/mol. The van der Waals surface area contributed by atoms with Gasteiger partial charge in [-0.2, -0.15) is 18.3 Å². The molecule has 0 bridgehead atoms. The number of alkyl halides is 3. The first-order chi connectivity index (χ1) is 17.0. The molecule has 9 heteroatoms. The highest BCUT2D eigenvalue weighted by atomic mass is 19.4. The number of ether oxygens (including phenoxy) is 1. The first-order valence-electron chi connectivity index (χ1n) is 11.5. The largest absolute Gasteiger partial charge is 0.444 e. The number of hydrogen-bond donors (Lipinski definition) is 1. The third kappa shape index (κ3) is 6.62. The molecule has 0 radical (unpaired) electrons. The van der Waals surface area contributed by atoms with Crippen molar-refractivity contribution < 1.29 is 22.7 Å². The minimum absolute atomic E-state index is 0.301. The fourth-order valence-electron chi connectivity index (χ4n) is 3.85. The smallest absolute Gasteiger partial charge is 0.416 e. The average molecular weight is 497 g/mol. The molecule has 1 N–H and O–H groups in total. The summed E-state index contributed by atoms with van der Waals surface area (Å²) in [6, 6.07) is 12.4. The van der Waals surface area contributed by atoms with Gasteiger partial charge in [0.2, 0.25) is 0 Å². The van der Waals surface area contributed by atoms with E-state index >= 15 is 0 Å². The molecule has 0 fully saturated rings. The molecule has 1 unspecified atom stereocenters. The van der Waals surface area contributed by atoms with Crippen LogP contribution in [0.25, 0.3) is 21.9 Å². The van der Waals surface area contributed by atoms with Gasteiger partial charge >= 0.3 is 12.3 Å². The lowest BCUT2D eigenvalue weighted by molar-refractivity contribution is -0.137. The molecule has 0 saturated heterocycles. The molecule has 2 aromatic carbocycles. The van der Waals surface area contributed by atoms with E-state index in [0.29, 0.717) is 18.5 Å². The molecular weight excluding hydrogens is 469 g/mol. The maximum Gasteiger partial charge on any atom is 0.416 e. The minimum atomic E-state index is -4.41. The number of benzene rings is 2. The molecule has 188 valence electrons. The Morgan fingerprint density at radius 2 is 1.75 bits per heavy atom. The number of nitrogens with zero attached hydrogens (tertiary/aromatic N) is 3. The van der Waals surface area contributed by atoms with Crippen molar-refractivity contribution in [3.05, 3.63) is 84.4 Å². The summed E-state index contributed by atoms with van der Waals surface area (Å²) in [4.78, 5) is 16.6. The molecule has 1 amide bonds. The van der Waals surface area contributed by atoms with Crippen LogP contribution >= 0.6 is 0 Å². The topological polar surface area (TPSA) is 69.0 Å². The number of carbonyl (C=O) groups is 1. The molecule has 0 saturated carbocycles. The average Bonchev–Trinajstić information content (AvgIpc) is 3.25. The van der Waals surface area contributed by atoms with Gasteiger partial charge in [0.15, 0.2) is 0 Å². The van der Waals surface area contributed by atoms with Crippen LogP contribution in [0.15, 0.2) is 73.3 Å². The molecule has 6 nitrogen and oxygen atoms in total. The van der Waals surface area contributed by atoms with E-state index in [0.717, 1.165) is 34.0 Å². The van der Waals surface area contributed by atoms with Gasteiger partial charge in [0.05, 0.1) is 24.3 Å². The Kier molecular flexibility index (Phi) is 7.01. The number of carbonyl (C=O) groups excluding carboxylic acids is 1. The number of amides is 1. The van der Waals surface area contributed by atoms with Crippen molar-refractivity contribution in [2.24, 2.45) is 0 Å². The Morgan fingerprint density at radius 1 is 1.00 bits per heavy atom. The van der Waals surface area contributed by atoms with Gasteiger partial charge in [0.25, 0.3) is 0 Å². The molecule has 4 aromatic rings. The zero-order valence-corrected chi connectivity index (χ0v) is 20.2. The molecule has 2 heterocycles. The maximum atomic E-state index is 12.9. The molecule has 36 heavy (non-hydrogen) atoms. The molecule has 0 aliphatic carbocycles. The van der Waals surface area contributed by atoms with Gasteiger partial charge in [-0.25, -0.2) is 4.79 Å². The van der Waals surface area contributed by atoms with Crippen LogP contribution in [0.1, 0.15) is 31.9 Å². The van der Waals surface area contributed by atoms with Gasteiger partial charge in [0, 0.05) is 29.5 Å². The van der Waals surface area contributed by atoms with E-state index in [1.165, 1.54) is 12.1 Å². The van der Waals surface area contributed by atoms with Gasteiger partial charge in [0.1, 0.15) is 5.60 Å². The van der Waals surface area contributed by atoms with Gasteiger partial charge in [-0.3, -0.25) is 9.67 Å². The summed E-state index contributed by atoms with van der Waals surface area (Å²) in [6.45, 7) is 5.59. The van der Waals surface area contributed by atoms with Crippen molar-refractivity contribution in [1.82, 2.24) is 20.1 Å². The van der Waals surface area contributed by atoms with Crippen molar-refractivity contribution in [1.29, 1.82) is 0 Å². The fraction of sp³-hybridized carbons (Fsp3) is 0.296. The summed E-state index contributed by atoms with van der Waals surface area (Å²) in [6.07, 6.45) is 2.45. The Hall–Kier alpha value is -3.88. The maximum absolute atomic E-state index is 12.9. The van der Waals surface area contributed by atoms with E-state index in [1.807, 2.05) is 24.4 Å². The molecule has 2 aromatic heterocycles. The van der Waals surface area contributed by atoms with E-state index in [4.69, 9.17) is 4.74 Å². The van der Waals surface area contributed by atoms with E-state index in [-0.39, 0.29) is 0 Å². The van der Waals surface area contributed by atoms with Crippen molar-refractivity contribution in [3.8, 4) is 11.1 Å². The first kappa shape index (κ1) is 25.2. The van der Waals surface area contributed by atoms with Gasteiger partial charge in [-0.15, -0.1) is 0 Å². The van der Waals surface area contributed by atoms with Crippen LogP contribution in [0.4, 0.5) is 18.0 Å². The van der Waals surface area contributed by atoms with Crippen molar-refractivity contribution in [2.75, 3.05) is 0 Å². The Labute approximate surface area is 207 Å². The molecular formula is C27H27F3N4O2. The molecule has 1 atom stereocenters. The summed E-state index contributed by atoms with van der Waals surface area (Å²) >= 11 is 0. The third-order valence-electron chi connectivity index (χ3n) is 5.50. The number of fused-ring (bicyclic) bond motifs is 1. The molecule has 0 aliphatic rings. The fourth-order valence-corrected chi connectivity index (χ4v) is 3.85. The number of rotatable bonds is 6. The van der Waals surface area contributed by atoms with E-state index in [1.54, 1.807) is 44.0 Å². The number of pyridine rings is 1. The summed E-state index contributed by atoms with van der Waals surface area (Å²) in [5.41, 5.74) is 1.14. The highest BCUT2D eigenvalue weighted by Crippen LogP contribution is 2.29. The normalized spacial score (nSPS) is 12.9. The van der Waals surface area contributed by atoms with Crippen LogP contribution in [0.5, 0.6) is 0 Å². The van der Waals surface area contributed by atoms with Crippen molar-refractivity contribution >= 4 is 16.9 Å². The second-order valence-corrected chi connectivity index (χ2v) is 9.63. The second kappa shape index (κ2) is 10.0. The SMILES string of the molecule is CC(C)(C)OC(=O)NC(Cc1ccc(C(F)(F)F)cc1)Cn1cc(-c2ccc3cnccc3c2)cn1. The number of nitrogens with one attached hydrogen (secondary N) is 1. The minimum Gasteiger partial charge on any atom is -0.444 e. The molecule has 4 rings (SSSR count). The van der Waals surface area contributed by atoms with Gasteiger partial charge in [-0.1, -0.05) is 24.3 Å². The first-order valence-corrected chi connectivity index (χ1v) is 11.5. The molecule has 0 aliphatic heterocycles. The Morgan fingerprint density at radius 3 is 2.44 bits per heavy atom. The van der Waals surface area contributed by atoms with Crippen molar-refractivity contribution in [3.63, 3.8) is 0 Å². The lowest BCUT2D eigenvalue weighted by atomic mass is 10.0. The monoisotopic (exact) mass is 496 g/mol. The summed E-state index contributed by atoms with van der Waals surface area (Å²) in [5, 5.41) is 9.37. The number of alkyl carbamates (subject to hydrolysis) is 1. The lowest BCUT2D eigenvalue weighted by Crippen LogP contribution is -2.42. The van der Waals surface area contributed by atoms with Crippen LogP contribution in [-0.2, 0) is 23.9 Å². The van der Waals surface area contributed by atoms with Crippen LogP contribution in [0, 0.1) is 0 Å². The second-order valence-electron chi connectivity index (χ2n) is 9.63. The highest BCUT2D eigenvalue weighted by Gasteiger charge is 2.30. The van der Waals surface area contributed by atoms with Crippen LogP contribution < -0.4 is 5.32 Å².